The Kier molecular flexibility index (Phi) is 7.23. The Bertz CT molecular complexity index is 1250. The topological polar surface area (TPSA) is 76.1 Å². The van der Waals surface area contributed by atoms with Crippen LogP contribution in [0.2, 0.25) is 0 Å². The number of nitrogens with one attached hydrogen (secondary N) is 2. The Morgan fingerprint density at radius 3 is 2.29 bits per heavy atom. The van der Waals surface area contributed by atoms with E-state index in [0.29, 0.717) is 11.5 Å². The summed E-state index contributed by atoms with van der Waals surface area (Å²) in [6.45, 7) is 6.02. The number of aromatic nitrogens is 2. The molecule has 1 amide bonds. The van der Waals surface area contributed by atoms with Gasteiger partial charge in [-0.3, -0.25) is 4.79 Å². The Hall–Kier alpha value is -3.71. The predicted octanol–water partition coefficient (Wildman–Crippen LogP) is 6.18. The summed E-state index contributed by atoms with van der Waals surface area (Å²) in [5.41, 5.74) is 4.38. The van der Waals surface area contributed by atoms with Crippen molar-refractivity contribution in [2.24, 2.45) is 0 Å². The summed E-state index contributed by atoms with van der Waals surface area (Å²) in [6, 6.07) is 21.0. The second kappa shape index (κ2) is 10.5. The van der Waals surface area contributed by atoms with Gasteiger partial charge in [-0.25, -0.2) is 9.97 Å². The molecule has 2 N–H and O–H groups in total. The number of carbonyl (C=O) groups is 1. The molecular formula is C27H28N4O2S. The van der Waals surface area contributed by atoms with E-state index in [1.807, 2.05) is 74.5 Å². The van der Waals surface area contributed by atoms with Crippen molar-refractivity contribution in [2.75, 3.05) is 17.7 Å². The van der Waals surface area contributed by atoms with Crippen molar-refractivity contribution >= 4 is 28.2 Å². The number of hydrogen-bond donors (Lipinski definition) is 2. The number of amides is 1. The molecule has 174 valence electrons. The lowest BCUT2D eigenvalue weighted by atomic mass is 9.99. The monoisotopic (exact) mass is 472 g/mol. The van der Waals surface area contributed by atoms with Gasteiger partial charge in [0.2, 0.25) is 5.95 Å². The van der Waals surface area contributed by atoms with Gasteiger partial charge in [-0.05, 0) is 62.2 Å². The second-order valence-corrected chi connectivity index (χ2v) is 9.13. The van der Waals surface area contributed by atoms with Gasteiger partial charge in [0.05, 0.1) is 13.2 Å². The van der Waals surface area contributed by atoms with Gasteiger partial charge in [-0.1, -0.05) is 37.3 Å². The number of carbonyl (C=O) groups excluding carboxylic acids is 1. The molecule has 0 aliphatic rings. The Morgan fingerprint density at radius 2 is 1.68 bits per heavy atom. The molecule has 0 aliphatic heterocycles. The van der Waals surface area contributed by atoms with Crippen LogP contribution in [0.4, 0.5) is 10.9 Å². The van der Waals surface area contributed by atoms with Gasteiger partial charge < -0.3 is 15.4 Å². The summed E-state index contributed by atoms with van der Waals surface area (Å²) >= 11 is 1.59. The summed E-state index contributed by atoms with van der Waals surface area (Å²) < 4.78 is 5.35. The quantitative estimate of drug-likeness (QED) is 0.320. The van der Waals surface area contributed by atoms with Crippen LogP contribution in [-0.2, 0) is 6.42 Å². The molecule has 34 heavy (non-hydrogen) atoms. The fourth-order valence-electron chi connectivity index (χ4n) is 3.77. The van der Waals surface area contributed by atoms with Gasteiger partial charge in [-0.2, -0.15) is 0 Å². The first-order chi connectivity index (χ1) is 16.5. The van der Waals surface area contributed by atoms with Crippen LogP contribution >= 0.6 is 11.3 Å². The maximum atomic E-state index is 13.0. The van der Waals surface area contributed by atoms with E-state index >= 15 is 0 Å². The molecule has 2 heterocycles. The first kappa shape index (κ1) is 23.4. The number of benzene rings is 2. The molecule has 0 saturated carbocycles. The van der Waals surface area contributed by atoms with Crippen molar-refractivity contribution in [1.82, 2.24) is 9.97 Å². The van der Waals surface area contributed by atoms with Gasteiger partial charge >= 0.3 is 0 Å². The van der Waals surface area contributed by atoms with Crippen molar-refractivity contribution in [3.05, 3.63) is 99.7 Å². The third-order valence-electron chi connectivity index (χ3n) is 5.44. The molecule has 0 fully saturated rings. The number of rotatable bonds is 8. The van der Waals surface area contributed by atoms with E-state index in [0.717, 1.165) is 39.7 Å². The van der Waals surface area contributed by atoms with Gasteiger partial charge in [0.1, 0.15) is 10.8 Å². The molecule has 4 rings (SSSR count). The first-order valence-electron chi connectivity index (χ1n) is 11.2. The number of hydrogen-bond acceptors (Lipinski definition) is 6. The number of nitrogens with zero attached hydrogens (tertiary/aromatic N) is 2. The molecule has 0 spiro atoms. The average Bonchev–Trinajstić information content (AvgIpc) is 3.25. The summed E-state index contributed by atoms with van der Waals surface area (Å²) in [4.78, 5) is 23.4. The minimum absolute atomic E-state index is 0.137. The summed E-state index contributed by atoms with van der Waals surface area (Å²) in [5.74, 6) is 1.19. The SMILES string of the molecule is CCc1cc(C(Nc2nc(C)cc(C)n2)c2ccc(OC)cc2)c(NC(=O)c2ccccc2)s1. The van der Waals surface area contributed by atoms with Crippen molar-refractivity contribution in [3.63, 3.8) is 0 Å². The number of thiophene rings is 1. The zero-order valence-electron chi connectivity index (χ0n) is 19.8. The summed E-state index contributed by atoms with van der Waals surface area (Å²) in [6.07, 6.45) is 0.869. The zero-order valence-corrected chi connectivity index (χ0v) is 20.6. The normalized spacial score (nSPS) is 11.6. The van der Waals surface area contributed by atoms with Crippen LogP contribution in [0.25, 0.3) is 0 Å². The van der Waals surface area contributed by atoms with Gasteiger partial charge in [0.25, 0.3) is 5.91 Å². The van der Waals surface area contributed by atoms with Crippen LogP contribution in [0.3, 0.4) is 0 Å². The minimum Gasteiger partial charge on any atom is -0.497 e. The van der Waals surface area contributed by atoms with Crippen molar-refractivity contribution in [2.45, 2.75) is 33.2 Å². The summed E-state index contributed by atoms with van der Waals surface area (Å²) in [5, 5.41) is 7.46. The molecule has 2 aromatic carbocycles. The molecule has 0 aliphatic carbocycles. The van der Waals surface area contributed by atoms with E-state index in [4.69, 9.17) is 4.74 Å². The zero-order chi connectivity index (χ0) is 24.1. The number of ether oxygens (including phenoxy) is 1. The Morgan fingerprint density at radius 1 is 1.00 bits per heavy atom. The van der Waals surface area contributed by atoms with Crippen molar-refractivity contribution < 1.29 is 9.53 Å². The Balaban J connectivity index is 1.76. The highest BCUT2D eigenvalue weighted by molar-refractivity contribution is 7.16. The van der Waals surface area contributed by atoms with Crippen molar-refractivity contribution in [3.8, 4) is 5.75 Å². The Labute approximate surface area is 204 Å². The van der Waals surface area contributed by atoms with Crippen molar-refractivity contribution in [1.29, 1.82) is 0 Å². The molecule has 0 bridgehead atoms. The fraction of sp³-hybridized carbons (Fsp3) is 0.222. The highest BCUT2D eigenvalue weighted by Crippen LogP contribution is 2.38. The summed E-state index contributed by atoms with van der Waals surface area (Å²) in [7, 11) is 1.65. The number of methoxy groups -OCH3 is 1. The van der Waals surface area contributed by atoms with E-state index < -0.39 is 0 Å². The molecule has 2 aromatic heterocycles. The third kappa shape index (κ3) is 5.43. The van der Waals surface area contributed by atoms with Crippen LogP contribution in [-0.4, -0.2) is 23.0 Å². The van der Waals surface area contributed by atoms with E-state index in [1.54, 1.807) is 18.4 Å². The molecule has 1 atom stereocenters. The minimum atomic E-state index is -0.269. The smallest absolute Gasteiger partial charge is 0.256 e. The highest BCUT2D eigenvalue weighted by atomic mass is 32.1. The lowest BCUT2D eigenvalue weighted by Gasteiger charge is -2.21. The molecule has 7 heteroatoms. The maximum absolute atomic E-state index is 13.0. The largest absolute Gasteiger partial charge is 0.497 e. The van der Waals surface area contributed by atoms with E-state index in [1.165, 1.54) is 4.88 Å². The van der Waals surface area contributed by atoms with E-state index in [-0.39, 0.29) is 11.9 Å². The van der Waals surface area contributed by atoms with Gasteiger partial charge in [0.15, 0.2) is 0 Å². The lowest BCUT2D eigenvalue weighted by molar-refractivity contribution is 0.102. The predicted molar refractivity (Wildman–Crippen MR) is 138 cm³/mol. The standard InChI is InChI=1S/C27H28N4O2S/c1-5-22-16-23(26(34-22)31-25(32)20-9-7-6-8-10-20)24(19-11-13-21(33-4)14-12-19)30-27-28-17(2)15-18(3)29-27/h6-16,24H,5H2,1-4H3,(H,31,32)(H,28,29,30). The van der Waals surface area contributed by atoms with Crippen LogP contribution < -0.4 is 15.4 Å². The van der Waals surface area contributed by atoms with Gasteiger partial charge in [0, 0.05) is 27.4 Å². The molecule has 6 nitrogen and oxygen atoms in total. The molecule has 1 unspecified atom stereocenters. The molecule has 0 saturated heterocycles. The molecular weight excluding hydrogens is 444 g/mol. The van der Waals surface area contributed by atoms with E-state index in [2.05, 4.69) is 33.6 Å². The van der Waals surface area contributed by atoms with Crippen LogP contribution in [0, 0.1) is 13.8 Å². The lowest BCUT2D eigenvalue weighted by Crippen LogP contribution is -2.18. The molecule has 4 aromatic rings. The van der Waals surface area contributed by atoms with E-state index in [9.17, 15) is 4.79 Å². The first-order valence-corrected chi connectivity index (χ1v) is 12.0. The van der Waals surface area contributed by atoms with Crippen LogP contribution in [0.1, 0.15) is 50.7 Å². The number of anilines is 2. The third-order valence-corrected chi connectivity index (χ3v) is 6.65. The van der Waals surface area contributed by atoms with Crippen LogP contribution in [0.15, 0.2) is 66.7 Å². The van der Waals surface area contributed by atoms with Gasteiger partial charge in [-0.15, -0.1) is 11.3 Å². The molecule has 0 radical (unpaired) electrons. The number of aryl methyl sites for hydroxylation is 3. The highest BCUT2D eigenvalue weighted by Gasteiger charge is 2.23. The maximum Gasteiger partial charge on any atom is 0.256 e. The average molecular weight is 473 g/mol. The second-order valence-electron chi connectivity index (χ2n) is 8.00. The van der Waals surface area contributed by atoms with Crippen LogP contribution in [0.5, 0.6) is 5.75 Å². The fourth-order valence-corrected chi connectivity index (χ4v) is 4.80.